The quantitative estimate of drug-likeness (QED) is 0.871. The van der Waals surface area contributed by atoms with Gasteiger partial charge < -0.3 is 10.4 Å². The Kier molecular flexibility index (Phi) is 4.06. The Morgan fingerprint density at radius 2 is 2.32 bits per heavy atom. The van der Waals surface area contributed by atoms with E-state index < -0.39 is 5.97 Å². The number of hydrogen-bond donors (Lipinski definition) is 2. The zero-order valence-corrected chi connectivity index (χ0v) is 11.0. The molecule has 2 unspecified atom stereocenters. The molecule has 0 amide bonds. The van der Waals surface area contributed by atoms with Gasteiger partial charge >= 0.3 is 5.97 Å². The molecule has 0 aromatic heterocycles. The van der Waals surface area contributed by atoms with Crippen LogP contribution in [-0.4, -0.2) is 17.6 Å². The number of carbonyl (C=O) groups is 1. The van der Waals surface area contributed by atoms with Crippen LogP contribution in [0.3, 0.4) is 0 Å². The molecule has 1 fully saturated rings. The van der Waals surface area contributed by atoms with E-state index in [-0.39, 0.29) is 11.8 Å². The summed E-state index contributed by atoms with van der Waals surface area (Å²) in [6.07, 6.45) is 2.75. The summed E-state index contributed by atoms with van der Waals surface area (Å²) in [6.45, 7) is 2.58. The van der Waals surface area contributed by atoms with Crippen molar-refractivity contribution in [3.63, 3.8) is 0 Å². The molecular weight excluding hydrogens is 240 g/mol. The second kappa shape index (κ2) is 5.75. The number of anilines is 1. The average molecular weight is 258 g/mol. The molecule has 1 aliphatic carbocycles. The van der Waals surface area contributed by atoms with Gasteiger partial charge in [0, 0.05) is 12.2 Å². The summed E-state index contributed by atoms with van der Waals surface area (Å²) >= 11 is 0. The van der Waals surface area contributed by atoms with Gasteiger partial charge in [0.2, 0.25) is 0 Å². The largest absolute Gasteiger partial charge is 0.481 e. The van der Waals surface area contributed by atoms with E-state index in [9.17, 15) is 4.79 Å². The highest BCUT2D eigenvalue weighted by atomic mass is 16.4. The van der Waals surface area contributed by atoms with Gasteiger partial charge in [-0.1, -0.05) is 6.42 Å². The SMILES string of the molecule is Cc1cc(NCC2CCCC2C(=O)O)ccc1C#N. The Hall–Kier alpha value is -2.02. The Morgan fingerprint density at radius 1 is 1.53 bits per heavy atom. The van der Waals surface area contributed by atoms with Crippen molar-refractivity contribution in [2.75, 3.05) is 11.9 Å². The first-order chi connectivity index (χ1) is 9.11. The fourth-order valence-electron chi connectivity index (χ4n) is 2.75. The third-order valence-corrected chi connectivity index (χ3v) is 3.89. The van der Waals surface area contributed by atoms with Crippen molar-refractivity contribution in [1.29, 1.82) is 5.26 Å². The summed E-state index contributed by atoms with van der Waals surface area (Å²) in [5, 5.41) is 21.3. The van der Waals surface area contributed by atoms with Crippen LogP contribution in [0.2, 0.25) is 0 Å². The van der Waals surface area contributed by atoms with E-state index in [2.05, 4.69) is 11.4 Å². The van der Waals surface area contributed by atoms with E-state index in [0.717, 1.165) is 30.5 Å². The number of benzene rings is 1. The molecule has 0 aliphatic heterocycles. The first-order valence-corrected chi connectivity index (χ1v) is 6.59. The molecule has 4 heteroatoms. The number of aliphatic carboxylic acids is 1. The molecule has 2 atom stereocenters. The fourth-order valence-corrected chi connectivity index (χ4v) is 2.75. The maximum absolute atomic E-state index is 11.1. The van der Waals surface area contributed by atoms with Crippen molar-refractivity contribution in [2.45, 2.75) is 26.2 Å². The van der Waals surface area contributed by atoms with Gasteiger partial charge in [0.1, 0.15) is 0 Å². The highest BCUT2D eigenvalue weighted by molar-refractivity contribution is 5.70. The average Bonchev–Trinajstić information content (AvgIpc) is 2.85. The van der Waals surface area contributed by atoms with Crippen LogP contribution in [0.15, 0.2) is 18.2 Å². The normalized spacial score (nSPS) is 21.9. The summed E-state index contributed by atoms with van der Waals surface area (Å²) in [7, 11) is 0. The lowest BCUT2D eigenvalue weighted by atomic mass is 9.96. The van der Waals surface area contributed by atoms with Gasteiger partial charge in [-0.25, -0.2) is 0 Å². The molecule has 0 heterocycles. The van der Waals surface area contributed by atoms with Crippen LogP contribution in [0.5, 0.6) is 0 Å². The monoisotopic (exact) mass is 258 g/mol. The maximum Gasteiger partial charge on any atom is 0.306 e. The van der Waals surface area contributed by atoms with Crippen molar-refractivity contribution in [1.82, 2.24) is 0 Å². The van der Waals surface area contributed by atoms with Crippen LogP contribution in [0, 0.1) is 30.1 Å². The predicted octanol–water partition coefficient (Wildman–Crippen LogP) is 2.78. The third-order valence-electron chi connectivity index (χ3n) is 3.89. The van der Waals surface area contributed by atoms with Gasteiger partial charge in [-0.15, -0.1) is 0 Å². The molecule has 1 saturated carbocycles. The fraction of sp³-hybridized carbons (Fsp3) is 0.467. The Balaban J connectivity index is 1.97. The van der Waals surface area contributed by atoms with Gasteiger partial charge in [-0.05, 0) is 49.4 Å². The van der Waals surface area contributed by atoms with E-state index >= 15 is 0 Å². The van der Waals surface area contributed by atoms with E-state index in [1.54, 1.807) is 6.07 Å². The molecule has 0 radical (unpaired) electrons. The standard InChI is InChI=1S/C15H18N2O2/c1-10-7-13(6-5-11(10)8-16)17-9-12-3-2-4-14(12)15(18)19/h5-7,12,14,17H,2-4,9H2,1H3,(H,18,19). The second-order valence-electron chi connectivity index (χ2n) is 5.16. The van der Waals surface area contributed by atoms with Gasteiger partial charge in [0.25, 0.3) is 0 Å². The number of rotatable bonds is 4. The van der Waals surface area contributed by atoms with Crippen molar-refractivity contribution in [2.24, 2.45) is 11.8 Å². The first-order valence-electron chi connectivity index (χ1n) is 6.59. The van der Waals surface area contributed by atoms with E-state index in [1.807, 2.05) is 19.1 Å². The Labute approximate surface area is 113 Å². The molecule has 0 saturated heterocycles. The molecule has 2 N–H and O–H groups in total. The minimum atomic E-state index is -0.680. The molecular formula is C15H18N2O2. The number of carboxylic acid groups (broad SMARTS) is 1. The summed E-state index contributed by atoms with van der Waals surface area (Å²) in [4.78, 5) is 11.1. The molecule has 1 aromatic rings. The molecule has 2 rings (SSSR count). The van der Waals surface area contributed by atoms with Crippen LogP contribution in [0.25, 0.3) is 0 Å². The predicted molar refractivity (Wildman–Crippen MR) is 72.9 cm³/mol. The van der Waals surface area contributed by atoms with E-state index in [0.29, 0.717) is 12.1 Å². The molecule has 4 nitrogen and oxygen atoms in total. The smallest absolute Gasteiger partial charge is 0.306 e. The second-order valence-corrected chi connectivity index (χ2v) is 5.16. The zero-order chi connectivity index (χ0) is 13.8. The summed E-state index contributed by atoms with van der Waals surface area (Å²) < 4.78 is 0. The highest BCUT2D eigenvalue weighted by Gasteiger charge is 2.32. The zero-order valence-electron chi connectivity index (χ0n) is 11.0. The minimum Gasteiger partial charge on any atom is -0.481 e. The van der Waals surface area contributed by atoms with Crippen molar-refractivity contribution in [3.8, 4) is 6.07 Å². The van der Waals surface area contributed by atoms with Crippen LogP contribution in [0.1, 0.15) is 30.4 Å². The molecule has 1 aromatic carbocycles. The molecule has 0 spiro atoms. The van der Waals surface area contributed by atoms with Crippen LogP contribution in [-0.2, 0) is 4.79 Å². The number of nitrogens with one attached hydrogen (secondary N) is 1. The number of hydrogen-bond acceptors (Lipinski definition) is 3. The molecule has 19 heavy (non-hydrogen) atoms. The van der Waals surface area contributed by atoms with Crippen molar-refractivity contribution in [3.05, 3.63) is 29.3 Å². The topological polar surface area (TPSA) is 73.1 Å². The van der Waals surface area contributed by atoms with E-state index in [1.165, 1.54) is 0 Å². The number of nitriles is 1. The third kappa shape index (κ3) is 3.05. The van der Waals surface area contributed by atoms with Crippen molar-refractivity contribution < 1.29 is 9.90 Å². The van der Waals surface area contributed by atoms with Crippen LogP contribution >= 0.6 is 0 Å². The van der Waals surface area contributed by atoms with Crippen LogP contribution in [0.4, 0.5) is 5.69 Å². The maximum atomic E-state index is 11.1. The van der Waals surface area contributed by atoms with Crippen molar-refractivity contribution >= 4 is 11.7 Å². The lowest BCUT2D eigenvalue weighted by Gasteiger charge is -2.17. The minimum absolute atomic E-state index is 0.202. The molecule has 100 valence electrons. The van der Waals surface area contributed by atoms with Gasteiger partial charge in [-0.2, -0.15) is 5.26 Å². The van der Waals surface area contributed by atoms with Crippen LogP contribution < -0.4 is 5.32 Å². The van der Waals surface area contributed by atoms with E-state index in [4.69, 9.17) is 10.4 Å². The number of aryl methyl sites for hydroxylation is 1. The summed E-state index contributed by atoms with van der Waals surface area (Å²) in [5.74, 6) is -0.694. The highest BCUT2D eigenvalue weighted by Crippen LogP contribution is 2.32. The lowest BCUT2D eigenvalue weighted by Crippen LogP contribution is -2.24. The van der Waals surface area contributed by atoms with Gasteiger partial charge in [0.05, 0.1) is 17.6 Å². The lowest BCUT2D eigenvalue weighted by molar-refractivity contribution is -0.142. The van der Waals surface area contributed by atoms with Gasteiger partial charge in [-0.3, -0.25) is 4.79 Å². The Bertz CT molecular complexity index is 519. The Morgan fingerprint density at radius 3 is 2.95 bits per heavy atom. The first kappa shape index (κ1) is 13.4. The summed E-state index contributed by atoms with van der Waals surface area (Å²) in [6, 6.07) is 7.73. The summed E-state index contributed by atoms with van der Waals surface area (Å²) in [5.41, 5.74) is 2.57. The number of carboxylic acids is 1. The number of nitrogens with zero attached hydrogens (tertiary/aromatic N) is 1. The molecule has 1 aliphatic rings. The van der Waals surface area contributed by atoms with Gasteiger partial charge in [0.15, 0.2) is 0 Å². The molecule has 0 bridgehead atoms.